The molecule has 20 heavy (non-hydrogen) atoms. The molecule has 0 radical (unpaired) electrons. The van der Waals surface area contributed by atoms with E-state index in [9.17, 15) is 0 Å². The molecule has 1 N–H and O–H groups in total. The maximum absolute atomic E-state index is 5.49. The van der Waals surface area contributed by atoms with E-state index in [0.29, 0.717) is 6.04 Å². The van der Waals surface area contributed by atoms with Crippen LogP contribution in [0.25, 0.3) is 0 Å². The molecule has 0 saturated carbocycles. The molecule has 0 fully saturated rings. The SMILES string of the molecule is CCCNC(Cc1cc(C)cc(C)c1)Cc1ccco1. The number of hydrogen-bond donors (Lipinski definition) is 1. The molecule has 0 saturated heterocycles. The van der Waals surface area contributed by atoms with E-state index in [1.165, 1.54) is 16.7 Å². The van der Waals surface area contributed by atoms with Crippen LogP contribution in [-0.2, 0) is 12.8 Å². The summed E-state index contributed by atoms with van der Waals surface area (Å²) < 4.78 is 5.49. The Morgan fingerprint density at radius 3 is 2.45 bits per heavy atom. The van der Waals surface area contributed by atoms with Crippen molar-refractivity contribution >= 4 is 0 Å². The highest BCUT2D eigenvalue weighted by atomic mass is 16.3. The van der Waals surface area contributed by atoms with Gasteiger partial charge >= 0.3 is 0 Å². The minimum absolute atomic E-state index is 0.433. The van der Waals surface area contributed by atoms with Crippen molar-refractivity contribution < 1.29 is 4.42 Å². The largest absolute Gasteiger partial charge is 0.469 e. The van der Waals surface area contributed by atoms with Crippen LogP contribution in [0, 0.1) is 13.8 Å². The lowest BCUT2D eigenvalue weighted by Gasteiger charge is -2.18. The normalized spacial score (nSPS) is 12.6. The maximum Gasteiger partial charge on any atom is 0.105 e. The van der Waals surface area contributed by atoms with Crippen LogP contribution in [0.3, 0.4) is 0 Å². The van der Waals surface area contributed by atoms with E-state index in [-0.39, 0.29) is 0 Å². The molecule has 0 bridgehead atoms. The van der Waals surface area contributed by atoms with Crippen molar-refractivity contribution in [1.29, 1.82) is 0 Å². The first-order valence-corrected chi connectivity index (χ1v) is 7.50. The number of benzene rings is 1. The Balaban J connectivity index is 2.05. The monoisotopic (exact) mass is 271 g/mol. The van der Waals surface area contributed by atoms with E-state index in [2.05, 4.69) is 50.4 Å². The number of rotatable bonds is 7. The average Bonchev–Trinajstić information content (AvgIpc) is 2.87. The van der Waals surface area contributed by atoms with Gasteiger partial charge in [0.2, 0.25) is 0 Å². The lowest BCUT2D eigenvalue weighted by molar-refractivity contribution is 0.438. The molecular weight excluding hydrogens is 246 g/mol. The standard InChI is InChI=1S/C18H25NO/c1-4-7-19-17(13-18-6-5-8-20-18)12-16-10-14(2)9-15(3)11-16/h5-6,8-11,17,19H,4,7,12-13H2,1-3H3. The molecule has 0 spiro atoms. The lowest BCUT2D eigenvalue weighted by Crippen LogP contribution is -2.33. The predicted molar refractivity (Wildman–Crippen MR) is 84.1 cm³/mol. The van der Waals surface area contributed by atoms with Gasteiger partial charge in [-0.3, -0.25) is 0 Å². The van der Waals surface area contributed by atoms with Crippen LogP contribution in [0.5, 0.6) is 0 Å². The molecular formula is C18H25NO. The highest BCUT2D eigenvalue weighted by Gasteiger charge is 2.12. The van der Waals surface area contributed by atoms with Crippen molar-refractivity contribution in [1.82, 2.24) is 5.32 Å². The fourth-order valence-electron chi connectivity index (χ4n) is 2.71. The predicted octanol–water partition coefficient (Wildman–Crippen LogP) is 4.05. The fraction of sp³-hybridized carbons (Fsp3) is 0.444. The molecule has 0 amide bonds. The summed E-state index contributed by atoms with van der Waals surface area (Å²) in [6.45, 7) is 7.58. The summed E-state index contributed by atoms with van der Waals surface area (Å²) in [4.78, 5) is 0. The molecule has 0 aliphatic rings. The second-order valence-corrected chi connectivity index (χ2v) is 5.63. The topological polar surface area (TPSA) is 25.2 Å². The Hall–Kier alpha value is -1.54. The van der Waals surface area contributed by atoms with Gasteiger partial charge in [0.15, 0.2) is 0 Å². The van der Waals surface area contributed by atoms with Gasteiger partial charge in [-0.15, -0.1) is 0 Å². The summed E-state index contributed by atoms with van der Waals surface area (Å²) in [5, 5.41) is 3.64. The lowest BCUT2D eigenvalue weighted by atomic mass is 9.98. The van der Waals surface area contributed by atoms with Gasteiger partial charge in [0.25, 0.3) is 0 Å². The van der Waals surface area contributed by atoms with E-state index < -0.39 is 0 Å². The maximum atomic E-state index is 5.49. The van der Waals surface area contributed by atoms with Crippen molar-refractivity contribution in [2.75, 3.05) is 6.54 Å². The molecule has 1 unspecified atom stereocenters. The van der Waals surface area contributed by atoms with Crippen LogP contribution in [0.15, 0.2) is 41.0 Å². The zero-order valence-corrected chi connectivity index (χ0v) is 12.8. The van der Waals surface area contributed by atoms with Crippen LogP contribution in [-0.4, -0.2) is 12.6 Å². The van der Waals surface area contributed by atoms with Crippen LogP contribution in [0.1, 0.15) is 35.8 Å². The van der Waals surface area contributed by atoms with Gasteiger partial charge in [0.1, 0.15) is 5.76 Å². The second kappa shape index (κ2) is 7.30. The molecule has 2 aromatic rings. The minimum atomic E-state index is 0.433. The van der Waals surface area contributed by atoms with Crippen LogP contribution < -0.4 is 5.32 Å². The summed E-state index contributed by atoms with van der Waals surface area (Å²) in [5.41, 5.74) is 4.09. The third kappa shape index (κ3) is 4.53. The molecule has 0 aliphatic carbocycles. The summed E-state index contributed by atoms with van der Waals surface area (Å²) in [6, 6.07) is 11.3. The van der Waals surface area contributed by atoms with Crippen molar-refractivity contribution in [2.45, 2.75) is 46.1 Å². The Labute approximate surface area is 122 Å². The number of hydrogen-bond acceptors (Lipinski definition) is 2. The van der Waals surface area contributed by atoms with Gasteiger partial charge in [0.05, 0.1) is 6.26 Å². The van der Waals surface area contributed by atoms with Crippen molar-refractivity contribution in [3.63, 3.8) is 0 Å². The number of aryl methyl sites for hydroxylation is 2. The second-order valence-electron chi connectivity index (χ2n) is 5.63. The van der Waals surface area contributed by atoms with Gasteiger partial charge in [-0.2, -0.15) is 0 Å². The molecule has 1 aromatic carbocycles. The van der Waals surface area contributed by atoms with Crippen LogP contribution in [0.4, 0.5) is 0 Å². The Morgan fingerprint density at radius 2 is 1.85 bits per heavy atom. The van der Waals surface area contributed by atoms with Gasteiger partial charge in [-0.05, 0) is 50.9 Å². The van der Waals surface area contributed by atoms with E-state index in [4.69, 9.17) is 4.42 Å². The van der Waals surface area contributed by atoms with Gasteiger partial charge < -0.3 is 9.73 Å². The van der Waals surface area contributed by atoms with Gasteiger partial charge in [-0.1, -0.05) is 36.2 Å². The first-order chi connectivity index (χ1) is 9.67. The van der Waals surface area contributed by atoms with E-state index in [1.54, 1.807) is 6.26 Å². The summed E-state index contributed by atoms with van der Waals surface area (Å²) in [5.74, 6) is 1.06. The first kappa shape index (κ1) is 14.9. The summed E-state index contributed by atoms with van der Waals surface area (Å²) in [6.07, 6.45) is 4.90. The highest BCUT2D eigenvalue weighted by Crippen LogP contribution is 2.13. The number of nitrogens with one attached hydrogen (secondary N) is 1. The van der Waals surface area contributed by atoms with Crippen LogP contribution in [0.2, 0.25) is 0 Å². The van der Waals surface area contributed by atoms with E-state index in [0.717, 1.165) is 31.6 Å². The zero-order valence-electron chi connectivity index (χ0n) is 12.8. The third-order valence-corrected chi connectivity index (χ3v) is 3.47. The molecule has 2 nitrogen and oxygen atoms in total. The van der Waals surface area contributed by atoms with Crippen molar-refractivity contribution in [3.05, 3.63) is 59.0 Å². The quantitative estimate of drug-likeness (QED) is 0.822. The Bertz CT molecular complexity index is 496. The van der Waals surface area contributed by atoms with E-state index >= 15 is 0 Å². The number of furan rings is 1. The van der Waals surface area contributed by atoms with Crippen molar-refractivity contribution in [2.24, 2.45) is 0 Å². The third-order valence-electron chi connectivity index (χ3n) is 3.47. The molecule has 108 valence electrons. The first-order valence-electron chi connectivity index (χ1n) is 7.50. The Kier molecular flexibility index (Phi) is 5.42. The highest BCUT2D eigenvalue weighted by molar-refractivity contribution is 5.29. The van der Waals surface area contributed by atoms with E-state index in [1.807, 2.05) is 6.07 Å². The molecule has 2 heteroatoms. The fourth-order valence-corrected chi connectivity index (χ4v) is 2.71. The van der Waals surface area contributed by atoms with Gasteiger partial charge in [-0.25, -0.2) is 0 Å². The molecule has 1 aromatic heterocycles. The molecule has 1 atom stereocenters. The summed E-state index contributed by atoms with van der Waals surface area (Å²) >= 11 is 0. The smallest absolute Gasteiger partial charge is 0.105 e. The summed E-state index contributed by atoms with van der Waals surface area (Å²) in [7, 11) is 0. The Morgan fingerprint density at radius 1 is 1.10 bits per heavy atom. The van der Waals surface area contributed by atoms with Gasteiger partial charge in [0, 0.05) is 12.5 Å². The zero-order chi connectivity index (χ0) is 14.4. The van der Waals surface area contributed by atoms with Crippen LogP contribution >= 0.6 is 0 Å². The molecule has 1 heterocycles. The molecule has 0 aliphatic heterocycles. The average molecular weight is 271 g/mol. The minimum Gasteiger partial charge on any atom is -0.469 e. The molecule has 2 rings (SSSR count). The van der Waals surface area contributed by atoms with Crippen molar-refractivity contribution in [3.8, 4) is 0 Å².